The summed E-state index contributed by atoms with van der Waals surface area (Å²) < 4.78 is 27.0. The number of pyridine rings is 1. The second kappa shape index (κ2) is 6.55. The fourth-order valence-electron chi connectivity index (χ4n) is 1.87. The molecular formula is C14H17N3O3S. The first-order valence-corrected chi connectivity index (χ1v) is 7.90. The molecule has 0 saturated heterocycles. The minimum atomic E-state index is -3.61. The van der Waals surface area contributed by atoms with Crippen molar-refractivity contribution in [2.45, 2.75) is 11.3 Å². The topological polar surface area (TPSA) is 91.3 Å². The van der Waals surface area contributed by atoms with Crippen molar-refractivity contribution in [1.82, 2.24) is 9.71 Å². The summed E-state index contributed by atoms with van der Waals surface area (Å²) in [6, 6.07) is 8.27. The molecule has 2 aromatic rings. The molecule has 7 heteroatoms. The summed E-state index contributed by atoms with van der Waals surface area (Å²) in [5.74, 6) is 0.188. The van der Waals surface area contributed by atoms with Gasteiger partial charge in [0.2, 0.25) is 10.0 Å². The van der Waals surface area contributed by atoms with Gasteiger partial charge < -0.3 is 10.4 Å². The number of hydrogen-bond donors (Lipinski definition) is 3. The first-order valence-electron chi connectivity index (χ1n) is 6.42. The van der Waals surface area contributed by atoms with Crippen molar-refractivity contribution in [3.63, 3.8) is 0 Å². The molecule has 112 valence electrons. The van der Waals surface area contributed by atoms with Gasteiger partial charge in [0.15, 0.2) is 0 Å². The molecule has 0 fully saturated rings. The second-order valence-corrected chi connectivity index (χ2v) is 6.17. The van der Waals surface area contributed by atoms with Crippen LogP contribution in [0.15, 0.2) is 47.6 Å². The molecule has 0 aliphatic carbocycles. The van der Waals surface area contributed by atoms with Gasteiger partial charge in [-0.05, 0) is 30.2 Å². The highest BCUT2D eigenvalue weighted by Gasteiger charge is 2.17. The summed E-state index contributed by atoms with van der Waals surface area (Å²) >= 11 is 0. The van der Waals surface area contributed by atoms with E-state index in [9.17, 15) is 13.5 Å². The highest BCUT2D eigenvalue weighted by atomic mass is 32.2. The van der Waals surface area contributed by atoms with Crippen LogP contribution in [-0.2, 0) is 16.4 Å². The summed E-state index contributed by atoms with van der Waals surface area (Å²) in [4.78, 5) is 3.97. The number of aromatic nitrogens is 1. The van der Waals surface area contributed by atoms with Crippen LogP contribution in [0, 0.1) is 0 Å². The zero-order chi connectivity index (χ0) is 15.3. The van der Waals surface area contributed by atoms with Crippen LogP contribution >= 0.6 is 0 Å². The Balaban J connectivity index is 2.03. The van der Waals surface area contributed by atoms with E-state index in [-0.39, 0.29) is 17.2 Å². The third kappa shape index (κ3) is 3.93. The average molecular weight is 307 g/mol. The Morgan fingerprint density at radius 2 is 1.90 bits per heavy atom. The third-order valence-electron chi connectivity index (χ3n) is 2.99. The van der Waals surface area contributed by atoms with Crippen LogP contribution < -0.4 is 10.0 Å². The molecule has 0 unspecified atom stereocenters. The molecule has 6 nitrogen and oxygen atoms in total. The highest BCUT2D eigenvalue weighted by molar-refractivity contribution is 7.89. The fourth-order valence-corrected chi connectivity index (χ4v) is 3.06. The van der Waals surface area contributed by atoms with E-state index < -0.39 is 10.0 Å². The Bertz CT molecular complexity index is 700. The van der Waals surface area contributed by atoms with E-state index in [0.29, 0.717) is 12.1 Å². The molecule has 2 rings (SSSR count). The van der Waals surface area contributed by atoms with Gasteiger partial charge in [0, 0.05) is 26.0 Å². The van der Waals surface area contributed by atoms with E-state index in [1.54, 1.807) is 37.4 Å². The van der Waals surface area contributed by atoms with Crippen LogP contribution in [0.5, 0.6) is 5.75 Å². The quantitative estimate of drug-likeness (QED) is 0.749. The fraction of sp³-hybridized carbons (Fsp3) is 0.214. The number of phenolic OH excluding ortho intramolecular Hbond substituents is 1. The number of nitrogens with one attached hydrogen (secondary N) is 2. The molecule has 21 heavy (non-hydrogen) atoms. The van der Waals surface area contributed by atoms with Crippen molar-refractivity contribution in [2.75, 3.05) is 18.9 Å². The van der Waals surface area contributed by atoms with E-state index in [1.165, 1.54) is 12.4 Å². The van der Waals surface area contributed by atoms with Crippen molar-refractivity contribution >= 4 is 15.7 Å². The van der Waals surface area contributed by atoms with Gasteiger partial charge in [-0.1, -0.05) is 12.1 Å². The SMILES string of the molecule is CNc1ccncc1S(=O)(=O)NCCc1ccc(O)cc1. The van der Waals surface area contributed by atoms with Gasteiger partial charge in [0.05, 0.1) is 5.69 Å². The Hall–Kier alpha value is -2.12. The van der Waals surface area contributed by atoms with Crippen LogP contribution in [0.4, 0.5) is 5.69 Å². The van der Waals surface area contributed by atoms with Crippen molar-refractivity contribution in [1.29, 1.82) is 0 Å². The summed E-state index contributed by atoms with van der Waals surface area (Å²) in [5, 5.41) is 12.0. The molecule has 0 spiro atoms. The number of nitrogens with zero attached hydrogens (tertiary/aromatic N) is 1. The van der Waals surface area contributed by atoms with Gasteiger partial charge in [-0.15, -0.1) is 0 Å². The highest BCUT2D eigenvalue weighted by Crippen LogP contribution is 2.18. The van der Waals surface area contributed by atoms with Crippen LogP contribution in [-0.4, -0.2) is 32.1 Å². The molecule has 3 N–H and O–H groups in total. The number of rotatable bonds is 6. The molecule has 0 radical (unpaired) electrons. The lowest BCUT2D eigenvalue weighted by Crippen LogP contribution is -2.26. The summed E-state index contributed by atoms with van der Waals surface area (Å²) in [6.45, 7) is 0.269. The number of benzene rings is 1. The van der Waals surface area contributed by atoms with Gasteiger partial charge in [-0.2, -0.15) is 0 Å². The predicted molar refractivity (Wildman–Crippen MR) is 80.8 cm³/mol. The second-order valence-electron chi connectivity index (χ2n) is 4.44. The molecule has 0 saturated carbocycles. The average Bonchev–Trinajstić information content (AvgIpc) is 2.49. The lowest BCUT2D eigenvalue weighted by Gasteiger charge is -2.10. The zero-order valence-electron chi connectivity index (χ0n) is 11.6. The predicted octanol–water partition coefficient (Wildman–Crippen LogP) is 1.35. The van der Waals surface area contributed by atoms with Gasteiger partial charge in [0.25, 0.3) is 0 Å². The number of phenols is 1. The third-order valence-corrected chi connectivity index (χ3v) is 4.47. The Kier molecular flexibility index (Phi) is 4.77. The molecule has 0 amide bonds. The normalized spacial score (nSPS) is 11.3. The monoisotopic (exact) mass is 307 g/mol. The first-order chi connectivity index (χ1) is 10.0. The summed E-state index contributed by atoms with van der Waals surface area (Å²) in [7, 11) is -1.95. The van der Waals surface area contributed by atoms with Crippen molar-refractivity contribution in [3.8, 4) is 5.75 Å². The lowest BCUT2D eigenvalue weighted by molar-refractivity contribution is 0.475. The van der Waals surface area contributed by atoms with Crippen LogP contribution in [0.2, 0.25) is 0 Å². The molecular weight excluding hydrogens is 290 g/mol. The summed E-state index contributed by atoms with van der Waals surface area (Å²) in [5.41, 5.74) is 1.44. The largest absolute Gasteiger partial charge is 0.508 e. The zero-order valence-corrected chi connectivity index (χ0v) is 12.4. The van der Waals surface area contributed by atoms with E-state index in [0.717, 1.165) is 5.56 Å². The van der Waals surface area contributed by atoms with Crippen molar-refractivity contribution in [2.24, 2.45) is 0 Å². The lowest BCUT2D eigenvalue weighted by atomic mass is 10.1. The Labute approximate surface area is 123 Å². The van der Waals surface area contributed by atoms with E-state index in [4.69, 9.17) is 0 Å². The maximum atomic E-state index is 12.2. The van der Waals surface area contributed by atoms with Crippen LogP contribution in [0.25, 0.3) is 0 Å². The first kappa shape index (κ1) is 15.3. The standard InChI is InChI=1S/C14H17N3O3S/c1-15-13-7-8-16-10-14(13)21(19,20)17-9-6-11-2-4-12(18)5-3-11/h2-5,7-8,10,17-18H,6,9H2,1H3,(H,15,16). The summed E-state index contributed by atoms with van der Waals surface area (Å²) in [6.07, 6.45) is 3.38. The van der Waals surface area contributed by atoms with E-state index in [2.05, 4.69) is 15.0 Å². The van der Waals surface area contributed by atoms with Crippen molar-refractivity contribution < 1.29 is 13.5 Å². The van der Waals surface area contributed by atoms with Crippen LogP contribution in [0.3, 0.4) is 0 Å². The molecule has 0 bridgehead atoms. The maximum Gasteiger partial charge on any atom is 0.244 e. The number of hydrogen-bond acceptors (Lipinski definition) is 5. The minimum Gasteiger partial charge on any atom is -0.508 e. The molecule has 0 atom stereocenters. The van der Waals surface area contributed by atoms with Gasteiger partial charge in [-0.3, -0.25) is 4.98 Å². The Morgan fingerprint density at radius 1 is 1.19 bits per heavy atom. The van der Waals surface area contributed by atoms with Crippen LogP contribution in [0.1, 0.15) is 5.56 Å². The van der Waals surface area contributed by atoms with E-state index >= 15 is 0 Å². The molecule has 1 aromatic heterocycles. The molecule has 1 aromatic carbocycles. The smallest absolute Gasteiger partial charge is 0.244 e. The number of sulfonamides is 1. The van der Waals surface area contributed by atoms with Crippen molar-refractivity contribution in [3.05, 3.63) is 48.3 Å². The minimum absolute atomic E-state index is 0.123. The van der Waals surface area contributed by atoms with Gasteiger partial charge in [0.1, 0.15) is 10.6 Å². The molecule has 0 aliphatic rings. The van der Waals surface area contributed by atoms with E-state index in [1.807, 2.05) is 0 Å². The molecule has 0 aliphatic heterocycles. The maximum absolute atomic E-state index is 12.2. The Morgan fingerprint density at radius 3 is 2.57 bits per heavy atom. The van der Waals surface area contributed by atoms with Gasteiger partial charge in [-0.25, -0.2) is 13.1 Å². The molecule has 1 heterocycles. The number of anilines is 1. The van der Waals surface area contributed by atoms with Gasteiger partial charge >= 0.3 is 0 Å². The number of aromatic hydroxyl groups is 1.